The molecule has 2 rings (SSSR count). The molecule has 2 aliphatic rings. The van der Waals surface area contributed by atoms with Crippen LogP contribution < -0.4 is 0 Å². The van der Waals surface area contributed by atoms with Crippen LogP contribution in [-0.2, 0) is 19.0 Å². The highest BCUT2D eigenvalue weighted by molar-refractivity contribution is 5.72. The van der Waals surface area contributed by atoms with E-state index >= 15 is 0 Å². The van der Waals surface area contributed by atoms with Crippen LogP contribution in [-0.4, -0.2) is 56.6 Å². The van der Waals surface area contributed by atoms with Gasteiger partial charge in [-0.1, -0.05) is 0 Å². The number of rotatable bonds is 5. The summed E-state index contributed by atoms with van der Waals surface area (Å²) in [6, 6.07) is 0. The van der Waals surface area contributed by atoms with Crippen molar-refractivity contribution in [2.45, 2.75) is 38.9 Å². The van der Waals surface area contributed by atoms with E-state index in [1.54, 1.807) is 0 Å². The Kier molecular flexibility index (Phi) is 6.07. The molecular weight excluding hydrogens is 246 g/mol. The molecule has 0 aromatic carbocycles. The van der Waals surface area contributed by atoms with Crippen LogP contribution in [0.5, 0.6) is 0 Å². The van der Waals surface area contributed by atoms with Crippen LogP contribution in [0.15, 0.2) is 0 Å². The smallest absolute Gasteiger partial charge is 0.309 e. The summed E-state index contributed by atoms with van der Waals surface area (Å²) < 4.78 is 16.1. The van der Waals surface area contributed by atoms with E-state index in [-0.39, 0.29) is 18.2 Å². The molecule has 2 fully saturated rings. The molecule has 0 unspecified atom stereocenters. The molecule has 2 aliphatic heterocycles. The molecule has 5 nitrogen and oxygen atoms in total. The Bertz CT molecular complexity index is 271. The van der Waals surface area contributed by atoms with Crippen LogP contribution in [0.1, 0.15) is 32.6 Å². The molecule has 0 saturated carbocycles. The number of hydrogen-bond donors (Lipinski definition) is 0. The number of ether oxygens (including phenoxy) is 3. The zero-order chi connectivity index (χ0) is 13.5. The summed E-state index contributed by atoms with van der Waals surface area (Å²) >= 11 is 0. The maximum atomic E-state index is 11.6. The van der Waals surface area contributed by atoms with E-state index in [1.807, 2.05) is 6.92 Å². The summed E-state index contributed by atoms with van der Waals surface area (Å²) in [5.74, 6) is 0.0690. The Morgan fingerprint density at radius 3 is 2.58 bits per heavy atom. The van der Waals surface area contributed by atoms with E-state index in [0.29, 0.717) is 6.61 Å². The molecular formula is C14H25NO4. The fourth-order valence-electron chi connectivity index (χ4n) is 2.64. The van der Waals surface area contributed by atoms with Crippen molar-refractivity contribution in [1.29, 1.82) is 0 Å². The lowest BCUT2D eigenvalue weighted by atomic mass is 9.97. The molecule has 110 valence electrons. The Hall–Kier alpha value is -0.650. The minimum Gasteiger partial charge on any atom is -0.466 e. The van der Waals surface area contributed by atoms with E-state index in [9.17, 15) is 4.79 Å². The van der Waals surface area contributed by atoms with Crippen molar-refractivity contribution < 1.29 is 19.0 Å². The van der Waals surface area contributed by atoms with Crippen molar-refractivity contribution >= 4 is 5.97 Å². The molecule has 0 spiro atoms. The summed E-state index contributed by atoms with van der Waals surface area (Å²) in [6.45, 7) is 6.89. The largest absolute Gasteiger partial charge is 0.466 e. The molecule has 0 aliphatic carbocycles. The molecule has 0 bridgehead atoms. The second-order valence-electron chi connectivity index (χ2n) is 5.18. The predicted octanol–water partition coefficient (Wildman–Crippen LogP) is 1.41. The predicted molar refractivity (Wildman–Crippen MR) is 70.7 cm³/mol. The molecule has 2 saturated heterocycles. The van der Waals surface area contributed by atoms with Gasteiger partial charge in [-0.3, -0.25) is 4.79 Å². The molecule has 0 amide bonds. The fraction of sp³-hybridized carbons (Fsp3) is 0.929. The van der Waals surface area contributed by atoms with Crippen LogP contribution in [0.3, 0.4) is 0 Å². The molecule has 0 N–H and O–H groups in total. The Morgan fingerprint density at radius 1 is 1.26 bits per heavy atom. The zero-order valence-electron chi connectivity index (χ0n) is 11.8. The highest BCUT2D eigenvalue weighted by Gasteiger charge is 2.26. The highest BCUT2D eigenvalue weighted by Crippen LogP contribution is 2.19. The normalized spacial score (nSPS) is 23.4. The number of nitrogens with zero attached hydrogens (tertiary/aromatic N) is 1. The van der Waals surface area contributed by atoms with Gasteiger partial charge in [-0.05, 0) is 39.3 Å². The Balaban J connectivity index is 1.61. The molecule has 0 aromatic rings. The number of esters is 1. The van der Waals surface area contributed by atoms with E-state index in [0.717, 1.165) is 58.5 Å². The van der Waals surface area contributed by atoms with Crippen molar-refractivity contribution in [1.82, 2.24) is 4.90 Å². The first-order valence-corrected chi connectivity index (χ1v) is 7.41. The van der Waals surface area contributed by atoms with Gasteiger partial charge in [-0.25, -0.2) is 0 Å². The third-order valence-electron chi connectivity index (χ3n) is 3.78. The maximum absolute atomic E-state index is 11.6. The quantitative estimate of drug-likeness (QED) is 0.708. The minimum atomic E-state index is -0.0310. The topological polar surface area (TPSA) is 48.0 Å². The average Bonchev–Trinajstić information content (AvgIpc) is 2.47. The van der Waals surface area contributed by atoms with Gasteiger partial charge in [0.2, 0.25) is 0 Å². The first kappa shape index (κ1) is 14.8. The number of carbonyl (C=O) groups is 1. The van der Waals surface area contributed by atoms with E-state index in [4.69, 9.17) is 14.2 Å². The highest BCUT2D eigenvalue weighted by atomic mass is 16.7. The first-order valence-electron chi connectivity index (χ1n) is 7.41. The summed E-state index contributed by atoms with van der Waals surface area (Å²) in [5.41, 5.74) is 0. The number of piperidine rings is 1. The molecule has 5 heteroatoms. The van der Waals surface area contributed by atoms with Gasteiger partial charge in [0.25, 0.3) is 0 Å². The first-order chi connectivity index (χ1) is 9.29. The van der Waals surface area contributed by atoms with Crippen molar-refractivity contribution in [2.75, 3.05) is 39.5 Å². The van der Waals surface area contributed by atoms with Gasteiger partial charge in [0, 0.05) is 13.0 Å². The number of likely N-dealkylation sites (tertiary alicyclic amines) is 1. The van der Waals surface area contributed by atoms with Gasteiger partial charge in [0.1, 0.15) is 0 Å². The second kappa shape index (κ2) is 7.82. The van der Waals surface area contributed by atoms with Gasteiger partial charge in [-0.2, -0.15) is 0 Å². The monoisotopic (exact) mass is 271 g/mol. The number of carbonyl (C=O) groups excluding carboxylic acids is 1. The summed E-state index contributed by atoms with van der Waals surface area (Å²) in [6.07, 6.45) is 3.71. The lowest BCUT2D eigenvalue weighted by Crippen LogP contribution is -2.39. The molecule has 0 radical (unpaired) electrons. The lowest BCUT2D eigenvalue weighted by molar-refractivity contribution is -0.183. The van der Waals surface area contributed by atoms with Crippen LogP contribution >= 0.6 is 0 Å². The molecule has 0 aromatic heterocycles. The molecule has 0 atom stereocenters. The van der Waals surface area contributed by atoms with Crippen molar-refractivity contribution in [3.63, 3.8) is 0 Å². The van der Waals surface area contributed by atoms with Crippen molar-refractivity contribution in [3.8, 4) is 0 Å². The van der Waals surface area contributed by atoms with Crippen molar-refractivity contribution in [3.05, 3.63) is 0 Å². The summed E-state index contributed by atoms with van der Waals surface area (Å²) in [5, 5.41) is 0. The zero-order valence-corrected chi connectivity index (χ0v) is 11.8. The van der Waals surface area contributed by atoms with Crippen LogP contribution in [0, 0.1) is 5.92 Å². The summed E-state index contributed by atoms with van der Waals surface area (Å²) in [4.78, 5) is 14.0. The van der Waals surface area contributed by atoms with Gasteiger partial charge >= 0.3 is 5.97 Å². The Labute approximate surface area is 115 Å². The van der Waals surface area contributed by atoms with Crippen LogP contribution in [0.2, 0.25) is 0 Å². The van der Waals surface area contributed by atoms with E-state index < -0.39 is 0 Å². The third-order valence-corrected chi connectivity index (χ3v) is 3.78. The SMILES string of the molecule is CCOC(=O)C1CCN(CCC2OCCCO2)CC1. The van der Waals surface area contributed by atoms with Crippen LogP contribution in [0.25, 0.3) is 0 Å². The second-order valence-corrected chi connectivity index (χ2v) is 5.18. The van der Waals surface area contributed by atoms with Gasteiger partial charge in [-0.15, -0.1) is 0 Å². The maximum Gasteiger partial charge on any atom is 0.309 e. The standard InChI is InChI=1S/C14H25NO4/c1-2-17-14(16)12-4-7-15(8-5-12)9-6-13-18-10-3-11-19-13/h12-13H,2-11H2,1H3. The van der Waals surface area contributed by atoms with Crippen LogP contribution in [0.4, 0.5) is 0 Å². The van der Waals surface area contributed by atoms with Gasteiger partial charge in [0.15, 0.2) is 6.29 Å². The minimum absolute atomic E-state index is 0.0268. The average molecular weight is 271 g/mol. The lowest BCUT2D eigenvalue weighted by Gasteiger charge is -2.32. The fourth-order valence-corrected chi connectivity index (χ4v) is 2.64. The molecule has 19 heavy (non-hydrogen) atoms. The van der Waals surface area contributed by atoms with Crippen molar-refractivity contribution in [2.24, 2.45) is 5.92 Å². The van der Waals surface area contributed by atoms with E-state index in [2.05, 4.69) is 4.90 Å². The molecule has 2 heterocycles. The third kappa shape index (κ3) is 4.75. The number of hydrogen-bond acceptors (Lipinski definition) is 5. The summed E-state index contributed by atoms with van der Waals surface area (Å²) in [7, 11) is 0. The van der Waals surface area contributed by atoms with Gasteiger partial charge in [0.05, 0.1) is 25.7 Å². The Morgan fingerprint density at radius 2 is 1.95 bits per heavy atom. The van der Waals surface area contributed by atoms with Gasteiger partial charge < -0.3 is 19.1 Å². The van der Waals surface area contributed by atoms with E-state index in [1.165, 1.54) is 0 Å².